The number of thioether (sulfide) groups is 1. The molecule has 0 aromatic carbocycles. The van der Waals surface area contributed by atoms with E-state index >= 15 is 0 Å². The van der Waals surface area contributed by atoms with E-state index < -0.39 is 0 Å². The number of nitrogens with zero attached hydrogens (tertiary/aromatic N) is 2. The van der Waals surface area contributed by atoms with Crippen molar-refractivity contribution in [3.05, 3.63) is 29.6 Å². The Morgan fingerprint density at radius 2 is 2.28 bits per heavy atom. The van der Waals surface area contributed by atoms with Gasteiger partial charge in [-0.3, -0.25) is 9.88 Å². The molecule has 1 unspecified atom stereocenters. The Morgan fingerprint density at radius 3 is 2.94 bits per heavy atom. The fraction of sp³-hybridized carbons (Fsp3) is 0.643. The minimum atomic E-state index is 0.576. The highest BCUT2D eigenvalue weighted by Crippen LogP contribution is 2.21. The van der Waals surface area contributed by atoms with Crippen LogP contribution in [0.25, 0.3) is 0 Å². The van der Waals surface area contributed by atoms with E-state index in [9.17, 15) is 0 Å². The third kappa shape index (κ3) is 3.97. The second kappa shape index (κ2) is 7.12. The molecular formula is C14H23N3S. The van der Waals surface area contributed by atoms with E-state index in [4.69, 9.17) is 5.73 Å². The molecule has 3 nitrogen and oxygen atoms in total. The molecule has 18 heavy (non-hydrogen) atoms. The summed E-state index contributed by atoms with van der Waals surface area (Å²) in [6.07, 6.45) is 8.11. The first-order valence-electron chi connectivity index (χ1n) is 6.71. The molecule has 100 valence electrons. The molecule has 1 aromatic heterocycles. The number of hydrogen-bond donors (Lipinski definition) is 1. The second-order valence-corrected chi connectivity index (χ2v) is 6.06. The van der Waals surface area contributed by atoms with Gasteiger partial charge in [0, 0.05) is 24.5 Å². The number of aromatic nitrogens is 1. The molecule has 0 amide bonds. The number of rotatable bonds is 4. The lowest BCUT2D eigenvalue weighted by atomic mass is 10.2. The van der Waals surface area contributed by atoms with Crippen molar-refractivity contribution in [3.63, 3.8) is 0 Å². The molecule has 1 fully saturated rings. The van der Waals surface area contributed by atoms with Gasteiger partial charge in [-0.1, -0.05) is 6.07 Å². The van der Waals surface area contributed by atoms with E-state index in [2.05, 4.69) is 28.3 Å². The molecular weight excluding hydrogens is 242 g/mol. The molecule has 2 rings (SSSR count). The van der Waals surface area contributed by atoms with Gasteiger partial charge in [0.25, 0.3) is 0 Å². The second-order valence-electron chi connectivity index (χ2n) is 4.93. The number of pyridine rings is 1. The maximum absolute atomic E-state index is 5.58. The maximum atomic E-state index is 5.58. The van der Waals surface area contributed by atoms with Crippen molar-refractivity contribution in [1.82, 2.24) is 9.88 Å². The van der Waals surface area contributed by atoms with Gasteiger partial charge in [-0.25, -0.2) is 0 Å². The van der Waals surface area contributed by atoms with Crippen molar-refractivity contribution in [3.8, 4) is 0 Å². The highest BCUT2D eigenvalue weighted by atomic mass is 32.2. The van der Waals surface area contributed by atoms with Crippen LogP contribution in [0.15, 0.2) is 18.3 Å². The summed E-state index contributed by atoms with van der Waals surface area (Å²) in [6.45, 7) is 3.96. The van der Waals surface area contributed by atoms with Crippen LogP contribution in [-0.4, -0.2) is 34.5 Å². The fourth-order valence-electron chi connectivity index (χ4n) is 2.42. The largest absolute Gasteiger partial charge is 0.326 e. The van der Waals surface area contributed by atoms with Crippen LogP contribution in [0.5, 0.6) is 0 Å². The molecule has 0 saturated carbocycles. The Bertz CT molecular complexity index is 353. The first-order valence-corrected chi connectivity index (χ1v) is 7.99. The molecule has 1 saturated heterocycles. The van der Waals surface area contributed by atoms with Crippen LogP contribution in [0.1, 0.15) is 30.5 Å². The van der Waals surface area contributed by atoms with Crippen LogP contribution in [0.4, 0.5) is 0 Å². The third-order valence-electron chi connectivity index (χ3n) is 3.61. The summed E-state index contributed by atoms with van der Waals surface area (Å²) < 4.78 is 0. The number of nitrogens with two attached hydrogens (primary N) is 1. The van der Waals surface area contributed by atoms with Crippen LogP contribution in [0.2, 0.25) is 0 Å². The Kier molecular flexibility index (Phi) is 5.47. The van der Waals surface area contributed by atoms with E-state index in [-0.39, 0.29) is 0 Å². The number of hydrogen-bond acceptors (Lipinski definition) is 4. The van der Waals surface area contributed by atoms with Gasteiger partial charge in [0.1, 0.15) is 0 Å². The molecule has 0 bridgehead atoms. The zero-order chi connectivity index (χ0) is 12.8. The Hall–Kier alpha value is -0.580. The summed E-state index contributed by atoms with van der Waals surface area (Å²) in [6, 6.07) is 4.20. The lowest BCUT2D eigenvalue weighted by Crippen LogP contribution is -2.25. The summed E-state index contributed by atoms with van der Waals surface area (Å²) in [7, 11) is 0. The molecule has 1 aliphatic rings. The van der Waals surface area contributed by atoms with Crippen molar-refractivity contribution in [2.24, 2.45) is 5.73 Å². The minimum Gasteiger partial charge on any atom is -0.326 e. The summed E-state index contributed by atoms with van der Waals surface area (Å²) in [5.74, 6) is 0. The minimum absolute atomic E-state index is 0.576. The van der Waals surface area contributed by atoms with Crippen molar-refractivity contribution in [2.45, 2.75) is 37.6 Å². The summed E-state index contributed by atoms with van der Waals surface area (Å²) >= 11 is 2.02. The molecule has 2 heterocycles. The first-order chi connectivity index (χ1) is 8.81. The monoisotopic (exact) mass is 265 g/mol. The molecule has 1 aliphatic heterocycles. The smallest absolute Gasteiger partial charge is 0.0544 e. The molecule has 0 radical (unpaired) electrons. The highest BCUT2D eigenvalue weighted by molar-refractivity contribution is 7.99. The molecule has 2 N–H and O–H groups in total. The summed E-state index contributed by atoms with van der Waals surface area (Å²) in [4.78, 5) is 7.01. The zero-order valence-corrected chi connectivity index (χ0v) is 12.0. The van der Waals surface area contributed by atoms with E-state index in [0.717, 1.165) is 23.1 Å². The van der Waals surface area contributed by atoms with Crippen molar-refractivity contribution < 1.29 is 0 Å². The molecule has 4 heteroatoms. The molecule has 0 aliphatic carbocycles. The lowest BCUT2D eigenvalue weighted by molar-refractivity contribution is 0.274. The van der Waals surface area contributed by atoms with Gasteiger partial charge in [-0.05, 0) is 50.2 Å². The predicted octanol–water partition coefficient (Wildman–Crippen LogP) is 2.26. The summed E-state index contributed by atoms with van der Waals surface area (Å²) in [5, 5.41) is 0.850. The van der Waals surface area contributed by atoms with E-state index in [1.165, 1.54) is 32.4 Å². The van der Waals surface area contributed by atoms with Gasteiger partial charge in [-0.15, -0.1) is 0 Å². The third-order valence-corrected chi connectivity index (χ3v) is 4.75. The van der Waals surface area contributed by atoms with Gasteiger partial charge in [-0.2, -0.15) is 11.8 Å². The highest BCUT2D eigenvalue weighted by Gasteiger charge is 2.16. The van der Waals surface area contributed by atoms with Gasteiger partial charge >= 0.3 is 0 Å². The maximum Gasteiger partial charge on any atom is 0.0544 e. The number of likely N-dealkylation sites (tertiary alicyclic amines) is 1. The average Bonchev–Trinajstić information content (AvgIpc) is 2.65. The fourth-order valence-corrected chi connectivity index (χ4v) is 3.16. The van der Waals surface area contributed by atoms with Crippen LogP contribution in [0, 0.1) is 0 Å². The van der Waals surface area contributed by atoms with E-state index in [1.807, 2.05) is 18.0 Å². The zero-order valence-electron chi connectivity index (χ0n) is 11.1. The van der Waals surface area contributed by atoms with Crippen LogP contribution < -0.4 is 5.73 Å². The predicted molar refractivity (Wildman–Crippen MR) is 78.6 cm³/mol. The van der Waals surface area contributed by atoms with E-state index in [0.29, 0.717) is 6.54 Å². The van der Waals surface area contributed by atoms with Crippen LogP contribution in [-0.2, 0) is 13.1 Å². The Morgan fingerprint density at radius 1 is 1.39 bits per heavy atom. The SMILES string of the molecule is CSC1CCCN(Cc2ccc(CN)cn2)CC1. The standard InChI is InChI=1S/C14H23N3S/c1-18-14-3-2-7-17(8-6-14)11-13-5-4-12(9-15)10-16-13/h4-5,10,14H,2-3,6-9,11,15H2,1H3. The van der Waals surface area contributed by atoms with Gasteiger partial charge < -0.3 is 5.73 Å². The average molecular weight is 265 g/mol. The summed E-state index contributed by atoms with van der Waals surface area (Å²) in [5.41, 5.74) is 7.85. The Labute approximate surface area is 114 Å². The van der Waals surface area contributed by atoms with Crippen molar-refractivity contribution in [2.75, 3.05) is 19.3 Å². The molecule has 0 spiro atoms. The van der Waals surface area contributed by atoms with Gasteiger partial charge in [0.15, 0.2) is 0 Å². The van der Waals surface area contributed by atoms with Crippen molar-refractivity contribution in [1.29, 1.82) is 0 Å². The van der Waals surface area contributed by atoms with Gasteiger partial charge in [0.05, 0.1) is 5.69 Å². The first kappa shape index (κ1) is 13.8. The topological polar surface area (TPSA) is 42.1 Å². The van der Waals surface area contributed by atoms with Crippen LogP contribution in [0.3, 0.4) is 0 Å². The quantitative estimate of drug-likeness (QED) is 0.907. The lowest BCUT2D eigenvalue weighted by Gasteiger charge is -2.19. The molecule has 1 atom stereocenters. The van der Waals surface area contributed by atoms with Gasteiger partial charge in [0.2, 0.25) is 0 Å². The Balaban J connectivity index is 1.88. The molecule has 1 aromatic rings. The normalized spacial score (nSPS) is 21.8. The van der Waals surface area contributed by atoms with Crippen LogP contribution >= 0.6 is 11.8 Å². The van der Waals surface area contributed by atoms with Crippen molar-refractivity contribution >= 4 is 11.8 Å². The van der Waals surface area contributed by atoms with E-state index in [1.54, 1.807) is 0 Å².